The van der Waals surface area contributed by atoms with Gasteiger partial charge in [-0.05, 0) is 43.0 Å². The topological polar surface area (TPSA) is 72.0 Å². The Hall–Kier alpha value is -2.97. The molecule has 0 bridgehead atoms. The van der Waals surface area contributed by atoms with Crippen LogP contribution in [0.25, 0.3) is 0 Å². The van der Waals surface area contributed by atoms with Gasteiger partial charge in [-0.25, -0.2) is 5.43 Å². The first-order chi connectivity index (χ1) is 15.1. The number of aryl methyl sites for hydroxylation is 1. The lowest BCUT2D eigenvalue weighted by molar-refractivity contribution is -0.113. The van der Waals surface area contributed by atoms with Gasteiger partial charge in [-0.15, -0.1) is 0 Å². The van der Waals surface area contributed by atoms with Gasteiger partial charge in [0.1, 0.15) is 6.17 Å². The molecule has 0 spiro atoms. The van der Waals surface area contributed by atoms with Crippen LogP contribution in [0, 0.1) is 13.8 Å². The van der Waals surface area contributed by atoms with Crippen LogP contribution in [0.1, 0.15) is 29.2 Å². The first-order valence-electron chi connectivity index (χ1n) is 10.5. The Morgan fingerprint density at radius 1 is 1.16 bits per heavy atom. The number of carbonyl (C=O) groups excluding carboxylic acids is 1. The van der Waals surface area contributed by atoms with Gasteiger partial charge >= 0.3 is 0 Å². The second-order valence-electron chi connectivity index (χ2n) is 8.06. The predicted molar refractivity (Wildman–Crippen MR) is 125 cm³/mol. The van der Waals surface area contributed by atoms with Crippen molar-refractivity contribution in [1.29, 1.82) is 0 Å². The molecular weight excluding hydrogens is 408 g/mol. The Balaban J connectivity index is 1.19. The molecule has 3 aliphatic heterocycles. The molecule has 5 rings (SSSR count). The maximum absolute atomic E-state index is 12.5. The van der Waals surface area contributed by atoms with Crippen molar-refractivity contribution >= 4 is 28.5 Å². The van der Waals surface area contributed by atoms with Crippen molar-refractivity contribution in [1.82, 2.24) is 20.8 Å². The van der Waals surface area contributed by atoms with Gasteiger partial charge in [-0.3, -0.25) is 10.2 Å². The van der Waals surface area contributed by atoms with Crippen LogP contribution in [0.5, 0.6) is 0 Å². The third-order valence-corrected chi connectivity index (χ3v) is 7.08. The lowest BCUT2D eigenvalue weighted by Crippen LogP contribution is -2.54. The minimum Gasteiger partial charge on any atom is -0.325 e. The number of hydrogen-bond donors (Lipinski definition) is 3. The molecule has 3 atom stereocenters. The highest BCUT2D eigenvalue weighted by atomic mass is 32.2. The van der Waals surface area contributed by atoms with Gasteiger partial charge in [0, 0.05) is 18.1 Å². The Labute approximate surface area is 186 Å². The van der Waals surface area contributed by atoms with Crippen molar-refractivity contribution in [3.63, 3.8) is 0 Å². The number of anilines is 1. The molecular formula is C23H26N6OS. The summed E-state index contributed by atoms with van der Waals surface area (Å²) >= 11 is 1.45. The Kier molecular flexibility index (Phi) is 5.33. The Bertz CT molecular complexity index is 1040. The summed E-state index contributed by atoms with van der Waals surface area (Å²) in [6.45, 7) is 4.07. The van der Waals surface area contributed by atoms with Crippen LogP contribution in [-0.2, 0) is 4.79 Å². The molecule has 160 valence electrons. The van der Waals surface area contributed by atoms with Gasteiger partial charge in [0.2, 0.25) is 5.91 Å². The molecule has 0 saturated carbocycles. The van der Waals surface area contributed by atoms with E-state index in [0.717, 1.165) is 22.8 Å². The van der Waals surface area contributed by atoms with Crippen LogP contribution in [0.15, 0.2) is 66.0 Å². The summed E-state index contributed by atoms with van der Waals surface area (Å²) in [6, 6.07) is 17.0. The third kappa shape index (κ3) is 3.88. The maximum atomic E-state index is 12.5. The number of hydrazone groups is 1. The summed E-state index contributed by atoms with van der Waals surface area (Å²) < 4.78 is 0. The van der Waals surface area contributed by atoms with Crippen molar-refractivity contribution in [3.8, 4) is 0 Å². The van der Waals surface area contributed by atoms with Crippen LogP contribution in [0.3, 0.4) is 0 Å². The Morgan fingerprint density at radius 2 is 2.00 bits per heavy atom. The highest BCUT2D eigenvalue weighted by molar-refractivity contribution is 8.14. The van der Waals surface area contributed by atoms with Crippen LogP contribution >= 0.6 is 11.8 Å². The van der Waals surface area contributed by atoms with E-state index in [2.05, 4.69) is 61.6 Å². The number of carbonyl (C=O) groups is 1. The summed E-state index contributed by atoms with van der Waals surface area (Å²) in [5.74, 6) is 0.281. The summed E-state index contributed by atoms with van der Waals surface area (Å²) in [7, 11) is 0. The van der Waals surface area contributed by atoms with Crippen molar-refractivity contribution in [3.05, 3.63) is 77.6 Å². The molecule has 0 aliphatic carbocycles. The average Bonchev–Trinajstić information content (AvgIpc) is 3.40. The first-order valence-corrected chi connectivity index (χ1v) is 11.5. The largest absolute Gasteiger partial charge is 0.325 e. The van der Waals surface area contributed by atoms with Gasteiger partial charge in [-0.1, -0.05) is 54.2 Å². The number of thioether (sulfide) groups is 1. The van der Waals surface area contributed by atoms with Gasteiger partial charge in [-0.2, -0.15) is 5.10 Å². The standard InChI is InChI=1S/C23H26N6OS/c1-15-7-6-10-18(16(15)2)24-21(30)14-31-23-26-25-22-20-13-19(17-8-4-3-5-9-17)27-29(20)12-11-28(22)23/h3-12,19-20,22,25,27H,13-14H2,1-2H3,(H,24,30). The zero-order valence-corrected chi connectivity index (χ0v) is 18.4. The first kappa shape index (κ1) is 20.0. The number of fused-ring (bicyclic) bond motifs is 3. The number of nitrogens with one attached hydrogen (secondary N) is 3. The van der Waals surface area contributed by atoms with Gasteiger partial charge in [0.25, 0.3) is 0 Å². The third-order valence-electron chi connectivity index (χ3n) is 6.12. The number of amides is 1. The number of amidine groups is 1. The number of hydrazine groups is 1. The maximum Gasteiger partial charge on any atom is 0.234 e. The van der Waals surface area contributed by atoms with E-state index < -0.39 is 0 Å². The second-order valence-corrected chi connectivity index (χ2v) is 9.00. The summed E-state index contributed by atoms with van der Waals surface area (Å²) in [5, 5.41) is 10.5. The zero-order valence-electron chi connectivity index (χ0n) is 17.6. The fourth-order valence-electron chi connectivity index (χ4n) is 4.26. The van der Waals surface area contributed by atoms with E-state index in [1.807, 2.05) is 44.3 Å². The van der Waals surface area contributed by atoms with E-state index in [1.165, 1.54) is 22.9 Å². The summed E-state index contributed by atoms with van der Waals surface area (Å²) in [5.41, 5.74) is 11.3. The highest BCUT2D eigenvalue weighted by Gasteiger charge is 2.44. The molecule has 3 aliphatic rings. The molecule has 3 N–H and O–H groups in total. The van der Waals surface area contributed by atoms with Crippen LogP contribution in [0.2, 0.25) is 0 Å². The van der Waals surface area contributed by atoms with Crippen molar-refractivity contribution < 1.29 is 4.79 Å². The quantitative estimate of drug-likeness (QED) is 0.686. The van der Waals surface area contributed by atoms with E-state index in [0.29, 0.717) is 5.75 Å². The molecule has 1 fully saturated rings. The van der Waals surface area contributed by atoms with Gasteiger partial charge < -0.3 is 15.2 Å². The van der Waals surface area contributed by atoms with Crippen molar-refractivity contribution in [2.45, 2.75) is 38.5 Å². The van der Waals surface area contributed by atoms with Crippen molar-refractivity contribution in [2.24, 2.45) is 5.10 Å². The molecule has 8 heteroatoms. The minimum atomic E-state index is -0.0286. The SMILES string of the molecule is Cc1cccc(NC(=O)CSC2=NNC3C4CC(c5ccccc5)NN4C=CN23)c1C. The molecule has 2 aromatic rings. The average molecular weight is 435 g/mol. The van der Waals surface area contributed by atoms with Crippen LogP contribution < -0.4 is 16.2 Å². The molecule has 0 radical (unpaired) electrons. The normalized spacial score (nSPS) is 23.8. The van der Waals surface area contributed by atoms with E-state index in [-0.39, 0.29) is 24.2 Å². The monoisotopic (exact) mass is 434 g/mol. The number of nitrogens with zero attached hydrogens (tertiary/aromatic N) is 3. The number of hydrogen-bond acceptors (Lipinski definition) is 7. The van der Waals surface area contributed by atoms with Crippen LogP contribution in [-0.4, -0.2) is 38.9 Å². The fraction of sp³-hybridized carbons (Fsp3) is 0.304. The smallest absolute Gasteiger partial charge is 0.234 e. The molecule has 3 heterocycles. The molecule has 7 nitrogen and oxygen atoms in total. The van der Waals surface area contributed by atoms with E-state index >= 15 is 0 Å². The molecule has 1 amide bonds. The van der Waals surface area contributed by atoms with Crippen molar-refractivity contribution in [2.75, 3.05) is 11.1 Å². The van der Waals surface area contributed by atoms with Gasteiger partial charge in [0.15, 0.2) is 5.17 Å². The summed E-state index contributed by atoms with van der Waals surface area (Å²) in [6.07, 6.45) is 5.11. The molecule has 0 aromatic heterocycles. The zero-order chi connectivity index (χ0) is 21.4. The molecule has 1 saturated heterocycles. The lowest BCUT2D eigenvalue weighted by Gasteiger charge is -2.36. The summed E-state index contributed by atoms with van der Waals surface area (Å²) in [4.78, 5) is 14.6. The van der Waals surface area contributed by atoms with E-state index in [4.69, 9.17) is 0 Å². The highest BCUT2D eigenvalue weighted by Crippen LogP contribution is 2.35. The van der Waals surface area contributed by atoms with E-state index in [9.17, 15) is 4.79 Å². The number of benzene rings is 2. The van der Waals surface area contributed by atoms with Crippen LogP contribution in [0.4, 0.5) is 5.69 Å². The van der Waals surface area contributed by atoms with Gasteiger partial charge in [0.05, 0.1) is 17.8 Å². The number of rotatable bonds is 4. The second kappa shape index (κ2) is 8.28. The van der Waals surface area contributed by atoms with E-state index in [1.54, 1.807) is 0 Å². The molecule has 3 unspecified atom stereocenters. The predicted octanol–water partition coefficient (Wildman–Crippen LogP) is 3.28. The molecule has 31 heavy (non-hydrogen) atoms. The fourth-order valence-corrected chi connectivity index (χ4v) is 5.03. The lowest BCUT2D eigenvalue weighted by atomic mass is 10.00. The minimum absolute atomic E-state index is 0.0286. The molecule has 2 aromatic carbocycles. The Morgan fingerprint density at radius 3 is 2.84 bits per heavy atom.